The number of hydrogen-bond acceptors (Lipinski definition) is 3. The second kappa shape index (κ2) is 25.8. The van der Waals surface area contributed by atoms with Crippen LogP contribution in [0.5, 0.6) is 0 Å². The molecule has 0 aromatic heterocycles. The Hall–Kier alpha value is -0.470. The minimum absolute atomic E-state index is 0.739. The number of rotatable bonds is 28. The first-order chi connectivity index (χ1) is 18.3. The van der Waals surface area contributed by atoms with Gasteiger partial charge in [-0.2, -0.15) is 0 Å². The summed E-state index contributed by atoms with van der Waals surface area (Å²) in [5, 5.41) is 1.13. The zero-order valence-corrected chi connectivity index (χ0v) is 26.1. The van der Waals surface area contributed by atoms with Crippen LogP contribution in [-0.2, 0) is 13.6 Å². The summed E-state index contributed by atoms with van der Waals surface area (Å²) in [7, 11) is -2.92. The fourth-order valence-electron chi connectivity index (χ4n) is 4.81. The average molecular weight is 539 g/mol. The van der Waals surface area contributed by atoms with Gasteiger partial charge in [0.25, 0.3) is 0 Å². The fourth-order valence-corrected chi connectivity index (χ4v) is 7.40. The van der Waals surface area contributed by atoms with E-state index < -0.39 is 7.94 Å². The summed E-state index contributed by atoms with van der Waals surface area (Å²) in [6.45, 7) is 9.05. The molecule has 1 aromatic carbocycles. The summed E-state index contributed by atoms with van der Waals surface area (Å²) in [5.74, 6) is 0. The Bertz CT molecular complexity index is 530. The van der Waals surface area contributed by atoms with E-state index in [1.165, 1.54) is 116 Å². The van der Waals surface area contributed by atoms with E-state index in [4.69, 9.17) is 13.6 Å². The quantitative estimate of drug-likeness (QED) is 0.0784. The first kappa shape index (κ1) is 34.6. The van der Waals surface area contributed by atoms with Gasteiger partial charge in [0.05, 0.1) is 0 Å². The van der Waals surface area contributed by atoms with Crippen LogP contribution in [0.2, 0.25) is 0 Å². The molecule has 0 aliphatic carbocycles. The van der Waals surface area contributed by atoms with Gasteiger partial charge in [0, 0.05) is 0 Å². The molecule has 0 aliphatic rings. The van der Waals surface area contributed by atoms with Crippen LogP contribution < -0.4 is 5.30 Å². The third-order valence-electron chi connectivity index (χ3n) is 7.25. The maximum absolute atomic E-state index is 6.66. The Kier molecular flexibility index (Phi) is 24.1. The molecule has 218 valence electrons. The van der Waals surface area contributed by atoms with Gasteiger partial charge >= 0.3 is 233 Å². The van der Waals surface area contributed by atoms with Crippen molar-refractivity contribution >= 4 is 13.2 Å². The van der Waals surface area contributed by atoms with E-state index in [0.29, 0.717) is 0 Å². The molecule has 0 amide bonds. The third kappa shape index (κ3) is 18.4. The Morgan fingerprint density at radius 2 is 0.703 bits per heavy atom. The molecule has 0 N–H and O–H groups in total. The van der Waals surface area contributed by atoms with Gasteiger partial charge < -0.3 is 0 Å². The van der Waals surface area contributed by atoms with Gasteiger partial charge in [-0.3, -0.25) is 0 Å². The van der Waals surface area contributed by atoms with Crippen LogP contribution in [-0.4, -0.2) is 19.8 Å². The van der Waals surface area contributed by atoms with Gasteiger partial charge in [0.1, 0.15) is 0 Å². The molecule has 0 spiro atoms. The second-order valence-corrected chi connectivity index (χ2v) is 13.4. The van der Waals surface area contributed by atoms with Crippen LogP contribution in [0.1, 0.15) is 156 Å². The van der Waals surface area contributed by atoms with Crippen molar-refractivity contribution in [1.29, 1.82) is 0 Å². The monoisotopic (exact) mass is 538 g/mol. The van der Waals surface area contributed by atoms with Gasteiger partial charge in [0.15, 0.2) is 0 Å². The molecule has 0 radical (unpaired) electrons. The van der Waals surface area contributed by atoms with E-state index in [9.17, 15) is 0 Å². The fraction of sp³-hybridized carbons (Fsp3) is 0.818. The number of unbranched alkanes of at least 4 members (excludes halogenated alkanes) is 18. The van der Waals surface area contributed by atoms with Crippen molar-refractivity contribution in [3.63, 3.8) is 0 Å². The van der Waals surface area contributed by atoms with E-state index in [0.717, 1.165) is 44.4 Å². The van der Waals surface area contributed by atoms with Gasteiger partial charge in [-0.25, -0.2) is 0 Å². The molecular weight excluding hydrogens is 475 g/mol. The molecule has 1 rings (SSSR count). The van der Waals surface area contributed by atoms with Crippen LogP contribution in [0.15, 0.2) is 30.3 Å². The molecule has 0 heterocycles. The standard InChI is InChI=1S/C33H63O3P/c1-4-7-10-13-16-19-25-30-34-37(33-28-23-22-24-29-33,35-31-26-20-17-14-11-8-5-2)36-32-27-21-18-15-12-9-6-3/h22-24,28-29,37H,4-21,25-27,30-32H2,1-3H3. The zero-order valence-electron chi connectivity index (χ0n) is 25.1. The van der Waals surface area contributed by atoms with Gasteiger partial charge in [0.2, 0.25) is 0 Å². The first-order valence-corrected chi connectivity index (χ1v) is 18.0. The molecule has 3 nitrogen and oxygen atoms in total. The number of benzene rings is 1. The van der Waals surface area contributed by atoms with E-state index >= 15 is 0 Å². The van der Waals surface area contributed by atoms with Gasteiger partial charge in [-0.1, -0.05) is 0 Å². The Labute approximate surface area is 232 Å². The molecule has 0 saturated heterocycles. The summed E-state index contributed by atoms with van der Waals surface area (Å²) in [5.41, 5.74) is 0. The summed E-state index contributed by atoms with van der Waals surface area (Å²) in [6.07, 6.45) is 27.0. The van der Waals surface area contributed by atoms with Crippen molar-refractivity contribution < 1.29 is 13.6 Å². The normalized spacial score (nSPS) is 12.3. The molecule has 0 bridgehead atoms. The first-order valence-electron chi connectivity index (χ1n) is 16.3. The van der Waals surface area contributed by atoms with E-state index in [-0.39, 0.29) is 0 Å². The van der Waals surface area contributed by atoms with Crippen molar-refractivity contribution in [2.45, 2.75) is 156 Å². The molecule has 1 aromatic rings. The third-order valence-corrected chi connectivity index (χ3v) is 10.0. The topological polar surface area (TPSA) is 27.7 Å². The Morgan fingerprint density at radius 1 is 0.405 bits per heavy atom. The molecular formula is C33H63O3P. The summed E-state index contributed by atoms with van der Waals surface area (Å²) >= 11 is 0. The predicted octanol–water partition coefficient (Wildman–Crippen LogP) is 11.1. The van der Waals surface area contributed by atoms with Crippen LogP contribution in [0.3, 0.4) is 0 Å². The van der Waals surface area contributed by atoms with Crippen molar-refractivity contribution in [2.75, 3.05) is 19.8 Å². The van der Waals surface area contributed by atoms with E-state index in [1.54, 1.807) is 0 Å². The average Bonchev–Trinajstić information content (AvgIpc) is 2.93. The molecule has 37 heavy (non-hydrogen) atoms. The molecule has 0 saturated carbocycles. The zero-order chi connectivity index (χ0) is 26.7. The summed E-state index contributed by atoms with van der Waals surface area (Å²) in [6, 6.07) is 10.6. The van der Waals surface area contributed by atoms with Crippen LogP contribution >= 0.6 is 7.94 Å². The second-order valence-electron chi connectivity index (χ2n) is 10.8. The van der Waals surface area contributed by atoms with E-state index in [1.807, 2.05) is 0 Å². The molecule has 0 atom stereocenters. The summed E-state index contributed by atoms with van der Waals surface area (Å²) in [4.78, 5) is 0. The van der Waals surface area contributed by atoms with Crippen molar-refractivity contribution in [3.8, 4) is 0 Å². The minimum atomic E-state index is -2.92. The van der Waals surface area contributed by atoms with Crippen LogP contribution in [0.25, 0.3) is 0 Å². The molecule has 0 unspecified atom stereocenters. The molecule has 0 fully saturated rings. The SMILES string of the molecule is CCCCCCCCCO[PH](OCCCCCCCCC)(OCCCCCCCCC)c1ccccc1. The summed E-state index contributed by atoms with van der Waals surface area (Å²) < 4.78 is 20.0. The van der Waals surface area contributed by atoms with Crippen LogP contribution in [0.4, 0.5) is 0 Å². The number of hydrogen-bond donors (Lipinski definition) is 0. The van der Waals surface area contributed by atoms with Crippen molar-refractivity contribution in [2.24, 2.45) is 0 Å². The molecule has 0 aliphatic heterocycles. The predicted molar refractivity (Wildman–Crippen MR) is 166 cm³/mol. The van der Waals surface area contributed by atoms with Crippen LogP contribution in [0, 0.1) is 0 Å². The molecule has 4 heteroatoms. The Balaban J connectivity index is 2.62. The van der Waals surface area contributed by atoms with Gasteiger partial charge in [-0.15, -0.1) is 0 Å². The Morgan fingerprint density at radius 3 is 1.03 bits per heavy atom. The van der Waals surface area contributed by atoms with Crippen molar-refractivity contribution in [3.05, 3.63) is 30.3 Å². The van der Waals surface area contributed by atoms with Gasteiger partial charge in [-0.05, 0) is 0 Å². The van der Waals surface area contributed by atoms with E-state index in [2.05, 4.69) is 51.1 Å². The maximum atomic E-state index is 6.66. The van der Waals surface area contributed by atoms with Crippen molar-refractivity contribution in [1.82, 2.24) is 0 Å².